The van der Waals surface area contributed by atoms with Crippen LogP contribution < -0.4 is 31.9 Å². The third-order valence-electron chi connectivity index (χ3n) is 11.0. The molecule has 2 bridgehead atoms. The van der Waals surface area contributed by atoms with Gasteiger partial charge in [-0.1, -0.05) is 121 Å². The maximum Gasteiger partial charge on any atom is 0.271 e. The van der Waals surface area contributed by atoms with Gasteiger partial charge in [-0.3, -0.25) is 28.8 Å². The highest BCUT2D eigenvalue weighted by Gasteiger charge is 2.40. The lowest BCUT2D eigenvalue weighted by atomic mass is 9.84. The zero-order valence-electron chi connectivity index (χ0n) is 38.8. The van der Waals surface area contributed by atoms with Gasteiger partial charge in [-0.25, -0.2) is 4.98 Å². The number of nitrogens with one attached hydrogen (secondary N) is 6. The lowest BCUT2D eigenvalue weighted by Gasteiger charge is -2.37. The molecule has 0 unspecified atom stereocenters. The largest absolute Gasteiger partial charge is 0.370 e. The van der Waals surface area contributed by atoms with Crippen molar-refractivity contribution in [2.24, 2.45) is 0 Å². The molecule has 14 nitrogen and oxygen atoms in total. The number of aromatic nitrogens is 1. The van der Waals surface area contributed by atoms with Gasteiger partial charge in [0, 0.05) is 17.6 Å². The molecular formula is C51H59N7O7S3. The second-order valence-corrected chi connectivity index (χ2v) is 20.4. The molecule has 358 valence electrons. The Kier molecular flexibility index (Phi) is 18.4. The highest BCUT2D eigenvalue weighted by molar-refractivity contribution is 8.00. The second-order valence-electron chi connectivity index (χ2n) is 17.3. The lowest BCUT2D eigenvalue weighted by molar-refractivity contribution is -0.139. The average molecular weight is 978 g/mol. The van der Waals surface area contributed by atoms with E-state index in [1.807, 2.05) is 148 Å². The maximum absolute atomic E-state index is 15.2. The van der Waals surface area contributed by atoms with Crippen LogP contribution >= 0.6 is 34.9 Å². The van der Waals surface area contributed by atoms with Crippen molar-refractivity contribution >= 4 is 70.3 Å². The van der Waals surface area contributed by atoms with Gasteiger partial charge in [-0.05, 0) is 68.4 Å². The maximum atomic E-state index is 15.2. The van der Waals surface area contributed by atoms with E-state index in [1.54, 1.807) is 6.92 Å². The highest BCUT2D eigenvalue weighted by Crippen LogP contribution is 2.48. The third-order valence-corrected chi connectivity index (χ3v) is 14.2. The molecule has 0 radical (unpaired) electrons. The van der Waals surface area contributed by atoms with Gasteiger partial charge in [-0.2, -0.15) is 11.8 Å². The number of thioether (sulfide) groups is 2. The molecule has 1 aliphatic heterocycles. The number of ether oxygens (including phenoxy) is 1. The Balaban J connectivity index is 1.45. The van der Waals surface area contributed by atoms with Crippen molar-refractivity contribution in [1.29, 1.82) is 0 Å². The van der Waals surface area contributed by atoms with E-state index in [0.717, 1.165) is 28.0 Å². The fourth-order valence-corrected chi connectivity index (χ4v) is 10.5. The number of amides is 6. The molecule has 68 heavy (non-hydrogen) atoms. The molecule has 0 aliphatic carbocycles. The third kappa shape index (κ3) is 14.0. The van der Waals surface area contributed by atoms with Gasteiger partial charge in [0.2, 0.25) is 29.5 Å². The summed E-state index contributed by atoms with van der Waals surface area (Å²) in [4.78, 5) is 89.6. The topological polar surface area (TPSA) is 197 Å². The zero-order chi connectivity index (χ0) is 48.7. The molecule has 0 saturated carbocycles. The van der Waals surface area contributed by atoms with Gasteiger partial charge < -0.3 is 36.6 Å². The Hall–Kier alpha value is -6.01. The van der Waals surface area contributed by atoms with Gasteiger partial charge in [0.25, 0.3) is 5.91 Å². The monoisotopic (exact) mass is 977 g/mol. The molecule has 4 aromatic carbocycles. The van der Waals surface area contributed by atoms with Crippen LogP contribution in [0.4, 0.5) is 0 Å². The number of carbonyl (C=O) groups is 6. The summed E-state index contributed by atoms with van der Waals surface area (Å²) in [5.41, 5.74) is 2.82. The summed E-state index contributed by atoms with van der Waals surface area (Å²) < 4.78 is 5.28. The number of hydrogen-bond donors (Lipinski definition) is 6. The first kappa shape index (κ1) is 51.4. The number of thiazole rings is 1. The molecule has 6 N–H and O–H groups in total. The molecule has 2 heterocycles. The molecule has 1 aliphatic rings. The van der Waals surface area contributed by atoms with Gasteiger partial charge in [0.05, 0.1) is 29.5 Å². The first-order valence-electron chi connectivity index (χ1n) is 22.4. The van der Waals surface area contributed by atoms with E-state index in [-0.39, 0.29) is 30.8 Å². The van der Waals surface area contributed by atoms with E-state index in [1.165, 1.54) is 28.9 Å². The number of carbonyl (C=O) groups excluding carboxylic acids is 6. The van der Waals surface area contributed by atoms with Crippen molar-refractivity contribution < 1.29 is 33.5 Å². The number of fused-ring (bicyclic) bond motifs is 2. The summed E-state index contributed by atoms with van der Waals surface area (Å²) in [6.07, 6.45) is 1.24. The molecule has 6 amide bonds. The summed E-state index contributed by atoms with van der Waals surface area (Å²) >= 11 is 4.09. The van der Waals surface area contributed by atoms with Crippen LogP contribution in [0.3, 0.4) is 0 Å². The van der Waals surface area contributed by atoms with Crippen LogP contribution in [-0.2, 0) is 46.4 Å². The minimum absolute atomic E-state index is 0.00289. The van der Waals surface area contributed by atoms with E-state index in [2.05, 4.69) is 36.9 Å². The van der Waals surface area contributed by atoms with Crippen LogP contribution in [0.5, 0.6) is 0 Å². The van der Waals surface area contributed by atoms with Crippen molar-refractivity contribution in [2.75, 3.05) is 24.3 Å². The minimum atomic E-state index is -1.30. The smallest absolute Gasteiger partial charge is 0.271 e. The Labute approximate surface area is 410 Å². The van der Waals surface area contributed by atoms with Crippen LogP contribution in [0.25, 0.3) is 0 Å². The Morgan fingerprint density at radius 3 is 1.75 bits per heavy atom. The molecule has 17 heteroatoms. The van der Waals surface area contributed by atoms with Crippen LogP contribution in [0.1, 0.15) is 71.9 Å². The summed E-state index contributed by atoms with van der Waals surface area (Å²) in [5, 5.41) is 18.9. The molecule has 0 fully saturated rings. The molecule has 6 rings (SSSR count). The lowest BCUT2D eigenvalue weighted by Crippen LogP contribution is -2.61. The van der Waals surface area contributed by atoms with Crippen LogP contribution in [-0.4, -0.2) is 101 Å². The summed E-state index contributed by atoms with van der Waals surface area (Å²) in [5.74, 6) is -3.32. The molecule has 0 spiro atoms. The summed E-state index contributed by atoms with van der Waals surface area (Å²) in [6, 6.07) is 33.9. The van der Waals surface area contributed by atoms with E-state index in [0.29, 0.717) is 16.3 Å². The zero-order valence-corrected chi connectivity index (χ0v) is 41.2. The fourth-order valence-electron chi connectivity index (χ4n) is 7.79. The number of rotatable bonds is 13. The van der Waals surface area contributed by atoms with Crippen molar-refractivity contribution in [3.8, 4) is 0 Å². The number of nitrogens with zero attached hydrogens (tertiary/aromatic N) is 1. The number of benzene rings is 4. The standard InChI is InChI=1S/C51H59N7O7S3/c1-33(65-50(2,3)4)44-49(64)53-29-42(59)52-30-43-54-40(31-67-43)47(62)55-38(26-27-66-5)45(60)57-41(48(63)56-39(46(61)58-44)28-34-18-10-6-11-19-34)32-68-51(35-20-12-7-13-21-35,36-22-14-8-15-23-36)37-24-16-9-17-25-37/h6-25,31,33,38-39,41,44H,26-30,32H2,1-5H3,(H,52,59)(H,53,64)(H,55,62)(H,56,63)(H,57,60)(H,58,61)/t33-,38+,39+,41+,44+/m1/s1. The molecule has 0 saturated heterocycles. The normalized spacial score (nSPS) is 19.8. The Morgan fingerprint density at radius 2 is 1.19 bits per heavy atom. The van der Waals surface area contributed by atoms with Gasteiger partial charge in [-0.15, -0.1) is 23.1 Å². The van der Waals surface area contributed by atoms with E-state index in [4.69, 9.17) is 4.74 Å². The van der Waals surface area contributed by atoms with Crippen LogP contribution in [0.15, 0.2) is 127 Å². The summed E-state index contributed by atoms with van der Waals surface area (Å²) in [7, 11) is 0. The van der Waals surface area contributed by atoms with Crippen LogP contribution in [0, 0.1) is 0 Å². The fraction of sp³-hybridized carbons (Fsp3) is 0.353. The minimum Gasteiger partial charge on any atom is -0.370 e. The van der Waals surface area contributed by atoms with Crippen molar-refractivity contribution in [3.63, 3.8) is 0 Å². The number of hydrogen-bond acceptors (Lipinski definition) is 11. The predicted molar refractivity (Wildman–Crippen MR) is 269 cm³/mol. The SMILES string of the molecule is CSCC[C@@H]1NC(=O)c2csc(n2)CNC(=O)CNC(=O)[C@H]([C@@H](C)OC(C)(C)C)NC(=O)[C@H](Cc2ccccc2)NC(=O)[C@H](CSC(c2ccccc2)(c2ccccc2)c2ccccc2)NC1=O. The molecular weight excluding hydrogens is 919 g/mol. The summed E-state index contributed by atoms with van der Waals surface area (Å²) in [6.45, 7) is 6.63. The van der Waals surface area contributed by atoms with Crippen molar-refractivity contribution in [3.05, 3.63) is 160 Å². The van der Waals surface area contributed by atoms with Crippen molar-refractivity contribution in [1.82, 2.24) is 36.9 Å². The van der Waals surface area contributed by atoms with Gasteiger partial charge in [0.1, 0.15) is 34.9 Å². The molecule has 5 atom stereocenters. The van der Waals surface area contributed by atoms with Crippen molar-refractivity contribution in [2.45, 2.75) is 87.7 Å². The highest BCUT2D eigenvalue weighted by atomic mass is 32.2. The van der Waals surface area contributed by atoms with Gasteiger partial charge >= 0.3 is 0 Å². The second kappa shape index (κ2) is 24.3. The Bertz CT molecular complexity index is 2380. The quantitative estimate of drug-likeness (QED) is 0.0836. The Morgan fingerprint density at radius 1 is 0.662 bits per heavy atom. The first-order valence-corrected chi connectivity index (χ1v) is 25.6. The molecule has 5 aromatic rings. The predicted octanol–water partition coefficient (Wildman–Crippen LogP) is 5.37. The average Bonchev–Trinajstić information content (AvgIpc) is 3.82. The van der Waals surface area contributed by atoms with Gasteiger partial charge in [0.15, 0.2) is 0 Å². The molecule has 1 aromatic heterocycles. The van der Waals surface area contributed by atoms with E-state index < -0.39 is 82.6 Å². The van der Waals surface area contributed by atoms with Crippen LogP contribution in [0.2, 0.25) is 0 Å². The first-order chi connectivity index (χ1) is 32.7. The van der Waals surface area contributed by atoms with E-state index in [9.17, 15) is 24.0 Å². The van der Waals surface area contributed by atoms with E-state index >= 15 is 4.79 Å².